The van der Waals surface area contributed by atoms with Crippen molar-refractivity contribution in [1.29, 1.82) is 0 Å². The molecule has 9 heteroatoms. The van der Waals surface area contributed by atoms with Crippen LogP contribution in [0.3, 0.4) is 0 Å². The second kappa shape index (κ2) is 14.1. The standard InChI is InChI=1S/C36H40FN3O4S/c1-26-15-14-22-32(27(26)2)40(45(43,44)30-19-10-7-11-20-30)25-34(41)39(24-29-18-12-13-21-31(29)37)33(35(42)38-36(3,4)5)23-28-16-8-6-9-17-28/h6-22,33H,23-25H2,1-5H3,(H,38,42)/t33-/m0/s1. The lowest BCUT2D eigenvalue weighted by atomic mass is 10.0. The van der Waals surface area contributed by atoms with Gasteiger partial charge in [0.25, 0.3) is 10.0 Å². The van der Waals surface area contributed by atoms with Crippen LogP contribution in [0.2, 0.25) is 0 Å². The van der Waals surface area contributed by atoms with E-state index in [9.17, 15) is 18.0 Å². The molecular weight excluding hydrogens is 589 g/mol. The predicted molar refractivity (Wildman–Crippen MR) is 176 cm³/mol. The molecule has 236 valence electrons. The summed E-state index contributed by atoms with van der Waals surface area (Å²) in [6, 6.07) is 27.4. The van der Waals surface area contributed by atoms with Crippen LogP contribution < -0.4 is 9.62 Å². The Hall–Kier alpha value is -4.50. The monoisotopic (exact) mass is 629 g/mol. The molecule has 4 aromatic carbocycles. The molecule has 0 saturated carbocycles. The van der Waals surface area contributed by atoms with E-state index in [1.165, 1.54) is 23.1 Å². The van der Waals surface area contributed by atoms with Crippen molar-refractivity contribution in [2.75, 3.05) is 10.8 Å². The number of anilines is 1. The third-order valence-corrected chi connectivity index (χ3v) is 9.30. The van der Waals surface area contributed by atoms with Gasteiger partial charge in [0, 0.05) is 24.1 Å². The highest BCUT2D eigenvalue weighted by molar-refractivity contribution is 7.92. The van der Waals surface area contributed by atoms with Crippen LogP contribution in [0.4, 0.5) is 10.1 Å². The zero-order chi connectivity index (χ0) is 32.8. The second-order valence-electron chi connectivity index (χ2n) is 12.1. The number of halogens is 1. The van der Waals surface area contributed by atoms with Gasteiger partial charge in [0.15, 0.2) is 0 Å². The minimum Gasteiger partial charge on any atom is -0.350 e. The smallest absolute Gasteiger partial charge is 0.264 e. The Balaban J connectivity index is 1.85. The first kappa shape index (κ1) is 33.4. The van der Waals surface area contributed by atoms with Crippen LogP contribution in [0, 0.1) is 19.7 Å². The van der Waals surface area contributed by atoms with E-state index in [1.54, 1.807) is 55.5 Å². The zero-order valence-electron chi connectivity index (χ0n) is 26.3. The van der Waals surface area contributed by atoms with Gasteiger partial charge in [-0.2, -0.15) is 0 Å². The Labute approximate surface area is 265 Å². The normalized spacial score (nSPS) is 12.3. The highest BCUT2D eigenvalue weighted by atomic mass is 32.2. The molecule has 0 aliphatic carbocycles. The number of hydrogen-bond donors (Lipinski definition) is 1. The minimum atomic E-state index is -4.23. The maximum absolute atomic E-state index is 15.1. The molecule has 0 saturated heterocycles. The largest absolute Gasteiger partial charge is 0.350 e. The topological polar surface area (TPSA) is 86.8 Å². The van der Waals surface area contributed by atoms with Gasteiger partial charge in [-0.05, 0) is 75.6 Å². The second-order valence-corrected chi connectivity index (χ2v) is 14.0. The summed E-state index contributed by atoms with van der Waals surface area (Å²) in [7, 11) is -4.23. The summed E-state index contributed by atoms with van der Waals surface area (Å²) in [5.74, 6) is -1.61. The lowest BCUT2D eigenvalue weighted by molar-refractivity contribution is -0.140. The molecule has 0 aromatic heterocycles. The fourth-order valence-corrected chi connectivity index (χ4v) is 6.55. The third kappa shape index (κ3) is 8.36. The zero-order valence-corrected chi connectivity index (χ0v) is 27.1. The number of sulfonamides is 1. The molecule has 0 radical (unpaired) electrons. The average Bonchev–Trinajstić information content (AvgIpc) is 3.00. The Morgan fingerprint density at radius 3 is 2.04 bits per heavy atom. The summed E-state index contributed by atoms with van der Waals surface area (Å²) in [5, 5.41) is 2.97. The van der Waals surface area contributed by atoms with Gasteiger partial charge >= 0.3 is 0 Å². The molecule has 4 aromatic rings. The van der Waals surface area contributed by atoms with Crippen molar-refractivity contribution in [2.45, 2.75) is 64.1 Å². The first-order valence-corrected chi connectivity index (χ1v) is 16.2. The Morgan fingerprint density at radius 1 is 0.822 bits per heavy atom. The number of hydrogen-bond acceptors (Lipinski definition) is 4. The number of nitrogens with one attached hydrogen (secondary N) is 1. The van der Waals surface area contributed by atoms with Crippen LogP contribution in [-0.4, -0.2) is 43.3 Å². The van der Waals surface area contributed by atoms with Crippen molar-refractivity contribution in [3.63, 3.8) is 0 Å². The number of rotatable bonds is 11. The van der Waals surface area contributed by atoms with Crippen molar-refractivity contribution in [3.8, 4) is 0 Å². The van der Waals surface area contributed by atoms with E-state index in [0.717, 1.165) is 15.4 Å². The fourth-order valence-electron chi connectivity index (χ4n) is 5.06. The van der Waals surface area contributed by atoms with Crippen molar-refractivity contribution >= 4 is 27.5 Å². The molecule has 1 atom stereocenters. The predicted octanol–water partition coefficient (Wildman–Crippen LogP) is 6.19. The quantitative estimate of drug-likeness (QED) is 0.214. The van der Waals surface area contributed by atoms with Crippen LogP contribution in [0.5, 0.6) is 0 Å². The molecule has 1 N–H and O–H groups in total. The van der Waals surface area contributed by atoms with Gasteiger partial charge in [-0.15, -0.1) is 0 Å². The Morgan fingerprint density at radius 2 is 1.42 bits per heavy atom. The van der Waals surface area contributed by atoms with Crippen molar-refractivity contribution < 1.29 is 22.4 Å². The number of carbonyl (C=O) groups is 2. The van der Waals surface area contributed by atoms with Crippen LogP contribution in [0.1, 0.15) is 43.0 Å². The molecule has 0 aliphatic heterocycles. The summed E-state index contributed by atoms with van der Waals surface area (Å²) < 4.78 is 44.5. The number of amides is 2. The van der Waals surface area contributed by atoms with E-state index < -0.39 is 45.8 Å². The summed E-state index contributed by atoms with van der Waals surface area (Å²) in [6.45, 7) is 8.32. The van der Waals surface area contributed by atoms with Crippen molar-refractivity contribution in [2.24, 2.45) is 0 Å². The summed E-state index contributed by atoms with van der Waals surface area (Å²) in [6.07, 6.45) is 0.137. The fraction of sp³-hybridized carbons (Fsp3) is 0.278. The third-order valence-electron chi connectivity index (χ3n) is 7.52. The molecule has 0 bridgehead atoms. The molecule has 7 nitrogen and oxygen atoms in total. The first-order valence-electron chi connectivity index (χ1n) is 14.8. The van der Waals surface area contributed by atoms with Gasteiger partial charge in [0.2, 0.25) is 11.8 Å². The van der Waals surface area contributed by atoms with Crippen LogP contribution in [0.25, 0.3) is 0 Å². The summed E-state index contributed by atoms with van der Waals surface area (Å²) >= 11 is 0. The van der Waals surface area contributed by atoms with E-state index >= 15 is 4.39 Å². The molecule has 0 fully saturated rings. The number of benzene rings is 4. The van der Waals surface area contributed by atoms with Crippen LogP contribution >= 0.6 is 0 Å². The molecule has 4 rings (SSSR count). The van der Waals surface area contributed by atoms with Gasteiger partial charge in [-0.25, -0.2) is 12.8 Å². The molecule has 45 heavy (non-hydrogen) atoms. The molecule has 0 unspecified atom stereocenters. The van der Waals surface area contributed by atoms with E-state index in [1.807, 2.05) is 64.1 Å². The molecule has 0 aliphatic rings. The SMILES string of the molecule is Cc1cccc(N(CC(=O)N(Cc2ccccc2F)[C@@H](Cc2ccccc2)C(=O)NC(C)(C)C)S(=O)(=O)c2ccccc2)c1C. The van der Waals surface area contributed by atoms with E-state index in [-0.39, 0.29) is 23.4 Å². The minimum absolute atomic E-state index is 0.0191. The Bertz CT molecular complexity index is 1740. The first-order chi connectivity index (χ1) is 21.3. The molecule has 0 heterocycles. The van der Waals surface area contributed by atoms with Crippen molar-refractivity contribution in [1.82, 2.24) is 10.2 Å². The summed E-state index contributed by atoms with van der Waals surface area (Å²) in [5.41, 5.74) is 2.26. The van der Waals surface area contributed by atoms with Gasteiger partial charge < -0.3 is 10.2 Å². The lowest BCUT2D eigenvalue weighted by Gasteiger charge is -2.35. The molecule has 2 amide bonds. The van der Waals surface area contributed by atoms with Crippen LogP contribution in [-0.2, 0) is 32.6 Å². The highest BCUT2D eigenvalue weighted by Crippen LogP contribution is 2.29. The number of carbonyl (C=O) groups excluding carboxylic acids is 2. The molecule has 0 spiro atoms. The maximum atomic E-state index is 15.1. The average molecular weight is 630 g/mol. The van der Waals surface area contributed by atoms with Gasteiger partial charge in [0.1, 0.15) is 18.4 Å². The maximum Gasteiger partial charge on any atom is 0.264 e. The number of nitrogens with zero attached hydrogens (tertiary/aromatic N) is 2. The lowest BCUT2D eigenvalue weighted by Crippen LogP contribution is -2.56. The summed E-state index contributed by atoms with van der Waals surface area (Å²) in [4.78, 5) is 29.8. The van der Waals surface area contributed by atoms with E-state index in [4.69, 9.17) is 0 Å². The highest BCUT2D eigenvalue weighted by Gasteiger charge is 2.36. The van der Waals surface area contributed by atoms with Crippen molar-refractivity contribution in [3.05, 3.63) is 131 Å². The van der Waals surface area contributed by atoms with Crippen LogP contribution in [0.15, 0.2) is 108 Å². The molecular formula is C36H40FN3O4S. The van der Waals surface area contributed by atoms with Gasteiger partial charge in [0.05, 0.1) is 10.6 Å². The Kier molecular flexibility index (Phi) is 10.4. The van der Waals surface area contributed by atoms with Gasteiger partial charge in [-0.1, -0.05) is 78.9 Å². The number of aryl methyl sites for hydroxylation is 1. The van der Waals surface area contributed by atoms with E-state index in [2.05, 4.69) is 5.32 Å². The van der Waals surface area contributed by atoms with E-state index in [0.29, 0.717) is 11.3 Å². The van der Waals surface area contributed by atoms with Gasteiger partial charge in [-0.3, -0.25) is 13.9 Å².